The van der Waals surface area contributed by atoms with Gasteiger partial charge in [-0.2, -0.15) is 0 Å². The maximum absolute atomic E-state index is 12.9. The molecular formula is C27H48N4O6. The minimum Gasteiger partial charge on any atom is -0.491 e. The number of nitrogens with zero attached hydrogens (tertiary/aromatic N) is 1. The molecule has 0 radical (unpaired) electrons. The van der Waals surface area contributed by atoms with E-state index >= 15 is 0 Å². The van der Waals surface area contributed by atoms with Crippen molar-refractivity contribution in [3.05, 3.63) is 29.8 Å². The molecule has 1 saturated heterocycles. The Morgan fingerprint density at radius 2 is 1.30 bits per heavy atom. The lowest BCUT2D eigenvalue weighted by Crippen LogP contribution is -2.50. The second kappa shape index (κ2) is 21.2. The molecule has 1 fully saturated rings. The summed E-state index contributed by atoms with van der Waals surface area (Å²) in [7, 11) is 0. The highest BCUT2D eigenvalue weighted by Gasteiger charge is 2.27. The van der Waals surface area contributed by atoms with Crippen LogP contribution in [0.4, 0.5) is 0 Å². The minimum absolute atomic E-state index is 0.171. The summed E-state index contributed by atoms with van der Waals surface area (Å²) in [6.45, 7) is 15.0. The molecule has 1 atom stereocenters. The molecule has 1 aromatic carbocycles. The Kier molecular flexibility index (Phi) is 18.0. The summed E-state index contributed by atoms with van der Waals surface area (Å²) < 4.78 is 27.4. The summed E-state index contributed by atoms with van der Waals surface area (Å²) in [6.07, 6.45) is 0.590. The zero-order valence-electron chi connectivity index (χ0n) is 22.8. The van der Waals surface area contributed by atoms with Crippen LogP contribution in [0.25, 0.3) is 0 Å². The number of benzene rings is 1. The number of carbonyl (C=O) groups is 1. The smallest absolute Gasteiger partial charge is 0.323 e. The maximum atomic E-state index is 12.9. The SMILES string of the molecule is CCOCCOCCOCCOc1ccc(CC(C(=O)OCC)N2CCNCCNCCNCC2)cc1. The van der Waals surface area contributed by atoms with Crippen LogP contribution in [0.5, 0.6) is 5.75 Å². The second-order valence-electron chi connectivity index (χ2n) is 8.67. The van der Waals surface area contributed by atoms with Gasteiger partial charge < -0.3 is 39.6 Å². The monoisotopic (exact) mass is 524 g/mol. The van der Waals surface area contributed by atoms with Crippen LogP contribution in [0.3, 0.4) is 0 Å². The van der Waals surface area contributed by atoms with E-state index in [4.69, 9.17) is 23.7 Å². The molecule has 10 nitrogen and oxygen atoms in total. The van der Waals surface area contributed by atoms with Crippen LogP contribution in [0.2, 0.25) is 0 Å². The van der Waals surface area contributed by atoms with Crippen LogP contribution in [0, 0.1) is 0 Å². The van der Waals surface area contributed by atoms with E-state index in [1.165, 1.54) is 0 Å². The Morgan fingerprint density at radius 1 is 0.757 bits per heavy atom. The van der Waals surface area contributed by atoms with Gasteiger partial charge in [-0.05, 0) is 38.0 Å². The summed E-state index contributed by atoms with van der Waals surface area (Å²) in [4.78, 5) is 15.2. The third kappa shape index (κ3) is 14.7. The molecular weight excluding hydrogens is 476 g/mol. The van der Waals surface area contributed by atoms with Gasteiger partial charge in [-0.15, -0.1) is 0 Å². The van der Waals surface area contributed by atoms with Gasteiger partial charge >= 0.3 is 5.97 Å². The highest BCUT2D eigenvalue weighted by atomic mass is 16.6. The van der Waals surface area contributed by atoms with Gasteiger partial charge in [-0.3, -0.25) is 9.69 Å². The van der Waals surface area contributed by atoms with E-state index in [-0.39, 0.29) is 12.0 Å². The maximum Gasteiger partial charge on any atom is 0.323 e. The Labute approximate surface area is 222 Å². The van der Waals surface area contributed by atoms with Crippen molar-refractivity contribution < 1.29 is 28.5 Å². The Bertz CT molecular complexity index is 682. The van der Waals surface area contributed by atoms with Gasteiger partial charge in [0.25, 0.3) is 0 Å². The first-order valence-electron chi connectivity index (χ1n) is 13.7. The van der Waals surface area contributed by atoms with Crippen LogP contribution in [0.1, 0.15) is 19.4 Å². The van der Waals surface area contributed by atoms with Gasteiger partial charge in [-0.1, -0.05) is 12.1 Å². The minimum atomic E-state index is -0.333. The molecule has 1 aliphatic rings. The van der Waals surface area contributed by atoms with Gasteiger partial charge in [0.1, 0.15) is 18.4 Å². The Hall–Kier alpha value is -1.79. The number of nitrogens with one attached hydrogen (secondary N) is 3. The van der Waals surface area contributed by atoms with Crippen molar-refractivity contribution in [2.45, 2.75) is 26.3 Å². The average Bonchev–Trinajstić information content (AvgIpc) is 2.90. The third-order valence-corrected chi connectivity index (χ3v) is 5.91. The fourth-order valence-corrected chi connectivity index (χ4v) is 3.94. The number of ether oxygens (including phenoxy) is 5. The van der Waals surface area contributed by atoms with Gasteiger partial charge in [-0.25, -0.2) is 0 Å². The lowest BCUT2D eigenvalue weighted by Gasteiger charge is -2.31. The standard InChI is InChI=1S/C27H48N4O6/c1-3-33-17-18-34-19-20-35-21-22-37-25-7-5-24(6-8-25)23-26(27(32)36-4-2)31-15-13-29-11-9-28-10-12-30-14-16-31/h5-8,26,28-30H,3-4,9-23H2,1-2H3. The van der Waals surface area contributed by atoms with Crippen molar-refractivity contribution >= 4 is 5.97 Å². The van der Waals surface area contributed by atoms with E-state index in [0.717, 1.165) is 63.7 Å². The highest BCUT2D eigenvalue weighted by molar-refractivity contribution is 5.76. The number of esters is 1. The molecule has 10 heteroatoms. The summed E-state index contributed by atoms with van der Waals surface area (Å²) in [6, 6.07) is 7.60. The summed E-state index contributed by atoms with van der Waals surface area (Å²) >= 11 is 0. The van der Waals surface area contributed by atoms with Crippen molar-refractivity contribution in [2.75, 3.05) is 105 Å². The molecule has 1 aromatic rings. The molecule has 0 amide bonds. The van der Waals surface area contributed by atoms with Crippen molar-refractivity contribution in [3.63, 3.8) is 0 Å². The number of hydrogen-bond acceptors (Lipinski definition) is 10. The Morgan fingerprint density at radius 3 is 1.86 bits per heavy atom. The molecule has 1 unspecified atom stereocenters. The second-order valence-corrected chi connectivity index (χ2v) is 8.67. The van der Waals surface area contributed by atoms with E-state index in [0.29, 0.717) is 59.3 Å². The molecule has 1 aliphatic heterocycles. The van der Waals surface area contributed by atoms with Crippen molar-refractivity contribution in [1.29, 1.82) is 0 Å². The van der Waals surface area contributed by atoms with Gasteiger partial charge in [0.2, 0.25) is 0 Å². The van der Waals surface area contributed by atoms with Gasteiger partial charge in [0.15, 0.2) is 0 Å². The zero-order chi connectivity index (χ0) is 26.4. The van der Waals surface area contributed by atoms with E-state index in [1.54, 1.807) is 0 Å². The molecule has 3 N–H and O–H groups in total. The largest absolute Gasteiger partial charge is 0.491 e. The number of rotatable bonds is 16. The topological polar surface area (TPSA) is 103 Å². The van der Waals surface area contributed by atoms with Gasteiger partial charge in [0, 0.05) is 59.0 Å². The Balaban J connectivity index is 1.80. The molecule has 212 valence electrons. The number of carbonyl (C=O) groups excluding carboxylic acids is 1. The fraction of sp³-hybridized carbons (Fsp3) is 0.741. The lowest BCUT2D eigenvalue weighted by atomic mass is 10.0. The van der Waals surface area contributed by atoms with Crippen LogP contribution in [-0.4, -0.2) is 122 Å². The molecule has 37 heavy (non-hydrogen) atoms. The zero-order valence-corrected chi connectivity index (χ0v) is 22.8. The van der Waals surface area contributed by atoms with Crippen molar-refractivity contribution in [3.8, 4) is 5.75 Å². The van der Waals surface area contributed by atoms with E-state index in [1.807, 2.05) is 38.1 Å². The van der Waals surface area contributed by atoms with Crippen LogP contribution in [-0.2, 0) is 30.2 Å². The molecule has 0 aromatic heterocycles. The lowest BCUT2D eigenvalue weighted by molar-refractivity contribution is -0.149. The molecule has 1 heterocycles. The predicted octanol–water partition coefficient (Wildman–Crippen LogP) is 0.694. The van der Waals surface area contributed by atoms with E-state index in [9.17, 15) is 4.79 Å². The summed E-state index contributed by atoms with van der Waals surface area (Å²) in [5.74, 6) is 0.608. The number of hydrogen-bond donors (Lipinski definition) is 3. The molecule has 0 saturated carbocycles. The van der Waals surface area contributed by atoms with Gasteiger partial charge in [0.05, 0.1) is 39.6 Å². The van der Waals surface area contributed by atoms with E-state index in [2.05, 4.69) is 20.9 Å². The first-order chi connectivity index (χ1) is 18.2. The van der Waals surface area contributed by atoms with Crippen LogP contribution >= 0.6 is 0 Å². The molecule has 0 spiro atoms. The summed E-state index contributed by atoms with van der Waals surface area (Å²) in [5.41, 5.74) is 1.07. The predicted molar refractivity (Wildman–Crippen MR) is 144 cm³/mol. The average molecular weight is 525 g/mol. The fourth-order valence-electron chi connectivity index (χ4n) is 3.94. The molecule has 2 rings (SSSR count). The first-order valence-corrected chi connectivity index (χ1v) is 13.7. The van der Waals surface area contributed by atoms with Crippen molar-refractivity contribution in [1.82, 2.24) is 20.9 Å². The van der Waals surface area contributed by atoms with Crippen LogP contribution < -0.4 is 20.7 Å². The quantitative estimate of drug-likeness (QED) is 0.212. The third-order valence-electron chi connectivity index (χ3n) is 5.91. The van der Waals surface area contributed by atoms with Crippen LogP contribution in [0.15, 0.2) is 24.3 Å². The van der Waals surface area contributed by atoms with E-state index < -0.39 is 0 Å². The summed E-state index contributed by atoms with van der Waals surface area (Å²) in [5, 5.41) is 10.3. The molecule has 0 bridgehead atoms. The normalized spacial score (nSPS) is 16.9. The molecule has 0 aliphatic carbocycles. The van der Waals surface area contributed by atoms with Crippen molar-refractivity contribution in [2.24, 2.45) is 0 Å². The first kappa shape index (κ1) is 31.4. The highest BCUT2D eigenvalue weighted by Crippen LogP contribution is 2.16.